The van der Waals surface area contributed by atoms with E-state index in [4.69, 9.17) is 4.98 Å². The van der Waals surface area contributed by atoms with Crippen molar-refractivity contribution in [2.75, 3.05) is 13.1 Å². The van der Waals surface area contributed by atoms with Gasteiger partial charge in [0.1, 0.15) is 0 Å². The molecule has 0 spiro atoms. The highest BCUT2D eigenvalue weighted by atomic mass is 15.1. The lowest BCUT2D eigenvalue weighted by Crippen LogP contribution is -2.31. The normalized spacial score (nSPS) is 15.4. The molecular weight excluding hydrogens is 258 g/mol. The highest BCUT2D eigenvalue weighted by molar-refractivity contribution is 5.11. The number of rotatable bonds is 9. The summed E-state index contributed by atoms with van der Waals surface area (Å²) in [4.78, 5) is 7.36. The fraction of sp³-hybridized carbons (Fsp3) is 0.722. The van der Waals surface area contributed by atoms with Gasteiger partial charge in [-0.2, -0.15) is 0 Å². The zero-order chi connectivity index (χ0) is 15.2. The van der Waals surface area contributed by atoms with Crippen LogP contribution in [0.3, 0.4) is 0 Å². The van der Waals surface area contributed by atoms with Crippen molar-refractivity contribution in [3.63, 3.8) is 0 Å². The summed E-state index contributed by atoms with van der Waals surface area (Å²) in [6.07, 6.45) is 2.66. The number of nitrogens with zero attached hydrogens (tertiary/aromatic N) is 2. The summed E-state index contributed by atoms with van der Waals surface area (Å²) in [7, 11) is 0. The number of aromatic nitrogens is 1. The first-order chi connectivity index (χ1) is 10.0. The quantitative estimate of drug-likeness (QED) is 0.755. The standard InChI is InChI=1S/C18H31N3/c1-14(2)11-21(12-15(3)4)13-18-7-5-6-17(20-18)10-19-16-8-9-16/h5-7,14-16,19H,8-13H2,1-4H3. The van der Waals surface area contributed by atoms with Crippen molar-refractivity contribution in [1.82, 2.24) is 15.2 Å². The third-order valence-corrected chi connectivity index (χ3v) is 3.65. The predicted octanol–water partition coefficient (Wildman–Crippen LogP) is 3.45. The summed E-state index contributed by atoms with van der Waals surface area (Å²) in [5.74, 6) is 1.40. The molecule has 0 atom stereocenters. The minimum atomic E-state index is 0.698. The molecule has 1 saturated carbocycles. The van der Waals surface area contributed by atoms with Gasteiger partial charge >= 0.3 is 0 Å². The molecule has 0 amide bonds. The Balaban J connectivity index is 1.92. The zero-order valence-electron chi connectivity index (χ0n) is 14.1. The molecule has 0 saturated heterocycles. The molecule has 3 nitrogen and oxygen atoms in total. The van der Waals surface area contributed by atoms with E-state index in [1.165, 1.54) is 24.2 Å². The molecule has 1 fully saturated rings. The molecule has 0 unspecified atom stereocenters. The lowest BCUT2D eigenvalue weighted by Gasteiger charge is -2.25. The van der Waals surface area contributed by atoms with E-state index in [-0.39, 0.29) is 0 Å². The van der Waals surface area contributed by atoms with Gasteiger partial charge in [0.25, 0.3) is 0 Å². The van der Waals surface area contributed by atoms with Crippen molar-refractivity contribution in [2.24, 2.45) is 11.8 Å². The van der Waals surface area contributed by atoms with Crippen LogP contribution in [-0.4, -0.2) is 29.0 Å². The molecule has 1 aliphatic carbocycles. The lowest BCUT2D eigenvalue weighted by atomic mass is 10.1. The van der Waals surface area contributed by atoms with E-state index in [1.54, 1.807) is 0 Å². The minimum Gasteiger partial charge on any atom is -0.308 e. The molecular formula is C18H31N3. The first kappa shape index (κ1) is 16.4. The third-order valence-electron chi connectivity index (χ3n) is 3.65. The molecule has 0 radical (unpaired) electrons. The van der Waals surface area contributed by atoms with Crippen molar-refractivity contribution in [3.8, 4) is 0 Å². The van der Waals surface area contributed by atoms with Crippen molar-refractivity contribution in [1.29, 1.82) is 0 Å². The van der Waals surface area contributed by atoms with Crippen LogP contribution in [0.1, 0.15) is 51.9 Å². The average Bonchev–Trinajstić information content (AvgIpc) is 3.19. The predicted molar refractivity (Wildman–Crippen MR) is 89.1 cm³/mol. The van der Waals surface area contributed by atoms with Crippen LogP contribution in [0.15, 0.2) is 18.2 Å². The Morgan fingerprint density at radius 1 is 1.10 bits per heavy atom. The zero-order valence-corrected chi connectivity index (χ0v) is 14.1. The van der Waals surface area contributed by atoms with Gasteiger partial charge in [-0.05, 0) is 36.8 Å². The van der Waals surface area contributed by atoms with E-state index < -0.39 is 0 Å². The van der Waals surface area contributed by atoms with E-state index in [2.05, 4.69) is 56.1 Å². The Morgan fingerprint density at radius 3 is 2.29 bits per heavy atom. The van der Waals surface area contributed by atoms with Crippen molar-refractivity contribution in [2.45, 2.75) is 59.7 Å². The Kier molecular flexibility index (Phi) is 6.19. The van der Waals surface area contributed by atoms with Gasteiger partial charge in [-0.3, -0.25) is 9.88 Å². The molecule has 0 aromatic carbocycles. The number of hydrogen-bond acceptors (Lipinski definition) is 3. The summed E-state index contributed by atoms with van der Waals surface area (Å²) in [5.41, 5.74) is 2.37. The Labute approximate surface area is 130 Å². The largest absolute Gasteiger partial charge is 0.308 e. The van der Waals surface area contributed by atoms with Crippen molar-refractivity contribution >= 4 is 0 Å². The molecule has 118 valence electrons. The second-order valence-electron chi connectivity index (χ2n) is 7.26. The van der Waals surface area contributed by atoms with Crippen LogP contribution in [0.4, 0.5) is 0 Å². The maximum Gasteiger partial charge on any atom is 0.0547 e. The van der Waals surface area contributed by atoms with Gasteiger partial charge in [-0.25, -0.2) is 0 Å². The van der Waals surface area contributed by atoms with Gasteiger partial charge in [0.2, 0.25) is 0 Å². The molecule has 1 aromatic rings. The van der Waals surface area contributed by atoms with Crippen LogP contribution in [0.2, 0.25) is 0 Å². The molecule has 1 heterocycles. The van der Waals surface area contributed by atoms with Crippen LogP contribution >= 0.6 is 0 Å². The van der Waals surface area contributed by atoms with Crippen LogP contribution in [0, 0.1) is 11.8 Å². The summed E-state index contributed by atoms with van der Waals surface area (Å²) in [5, 5.41) is 3.54. The molecule has 1 aliphatic rings. The highest BCUT2D eigenvalue weighted by Crippen LogP contribution is 2.19. The number of hydrogen-bond donors (Lipinski definition) is 1. The van der Waals surface area contributed by atoms with E-state index >= 15 is 0 Å². The smallest absolute Gasteiger partial charge is 0.0547 e. The van der Waals surface area contributed by atoms with Crippen LogP contribution < -0.4 is 5.32 Å². The lowest BCUT2D eigenvalue weighted by molar-refractivity contribution is 0.209. The van der Waals surface area contributed by atoms with E-state index in [9.17, 15) is 0 Å². The topological polar surface area (TPSA) is 28.2 Å². The summed E-state index contributed by atoms with van der Waals surface area (Å²) in [6, 6.07) is 7.19. The maximum atomic E-state index is 4.82. The molecule has 0 aliphatic heterocycles. The van der Waals surface area contributed by atoms with Gasteiger partial charge in [-0.1, -0.05) is 33.8 Å². The second-order valence-corrected chi connectivity index (χ2v) is 7.26. The molecule has 1 N–H and O–H groups in total. The van der Waals surface area contributed by atoms with Crippen LogP contribution in [-0.2, 0) is 13.1 Å². The third kappa shape index (κ3) is 6.58. The first-order valence-electron chi connectivity index (χ1n) is 8.43. The molecule has 3 heteroatoms. The molecule has 1 aromatic heterocycles. The SMILES string of the molecule is CC(C)CN(Cc1cccc(CNC2CC2)n1)CC(C)C. The number of pyridine rings is 1. The minimum absolute atomic E-state index is 0.698. The Bertz CT molecular complexity index is 414. The van der Waals surface area contributed by atoms with Gasteiger partial charge in [0, 0.05) is 32.2 Å². The fourth-order valence-electron chi connectivity index (χ4n) is 2.72. The summed E-state index contributed by atoms with van der Waals surface area (Å²) < 4.78 is 0. The van der Waals surface area contributed by atoms with E-state index in [1.807, 2.05) is 0 Å². The fourth-order valence-corrected chi connectivity index (χ4v) is 2.72. The monoisotopic (exact) mass is 289 g/mol. The van der Waals surface area contributed by atoms with E-state index in [0.717, 1.165) is 32.2 Å². The Morgan fingerprint density at radius 2 is 1.71 bits per heavy atom. The summed E-state index contributed by atoms with van der Waals surface area (Å²) >= 11 is 0. The average molecular weight is 289 g/mol. The maximum absolute atomic E-state index is 4.82. The van der Waals surface area contributed by atoms with Gasteiger partial charge < -0.3 is 5.32 Å². The molecule has 21 heavy (non-hydrogen) atoms. The molecule has 0 bridgehead atoms. The van der Waals surface area contributed by atoms with Crippen molar-refractivity contribution < 1.29 is 0 Å². The highest BCUT2D eigenvalue weighted by Gasteiger charge is 2.20. The second kappa shape index (κ2) is 7.90. The summed E-state index contributed by atoms with van der Waals surface area (Å²) in [6.45, 7) is 13.3. The Hall–Kier alpha value is -0.930. The van der Waals surface area contributed by atoms with Gasteiger partial charge in [0.05, 0.1) is 11.4 Å². The van der Waals surface area contributed by atoms with Crippen LogP contribution in [0.5, 0.6) is 0 Å². The first-order valence-corrected chi connectivity index (χ1v) is 8.43. The van der Waals surface area contributed by atoms with E-state index in [0.29, 0.717) is 11.8 Å². The van der Waals surface area contributed by atoms with Crippen LogP contribution in [0.25, 0.3) is 0 Å². The molecule has 2 rings (SSSR count). The number of nitrogens with one attached hydrogen (secondary N) is 1. The van der Waals surface area contributed by atoms with Crippen molar-refractivity contribution in [3.05, 3.63) is 29.6 Å². The van der Waals surface area contributed by atoms with Gasteiger partial charge in [0.15, 0.2) is 0 Å². The van der Waals surface area contributed by atoms with Gasteiger partial charge in [-0.15, -0.1) is 0 Å².